The van der Waals surface area contributed by atoms with Crippen LogP contribution in [0.4, 0.5) is 4.79 Å². The van der Waals surface area contributed by atoms with Crippen LogP contribution >= 0.6 is 0 Å². The van der Waals surface area contributed by atoms with Gasteiger partial charge in [-0.25, -0.2) is 9.69 Å². The van der Waals surface area contributed by atoms with Gasteiger partial charge < -0.3 is 15.0 Å². The second kappa shape index (κ2) is 9.51. The predicted octanol–water partition coefficient (Wildman–Crippen LogP) is 3.51. The Hall–Kier alpha value is -2.57. The Kier molecular flexibility index (Phi) is 6.72. The summed E-state index contributed by atoms with van der Waals surface area (Å²) in [5, 5.41) is 2.88. The fraction of sp³-hybridized carbons (Fsp3) is 0.640. The number of benzene rings is 1. The molecule has 2 heterocycles. The van der Waals surface area contributed by atoms with E-state index in [9.17, 15) is 14.4 Å². The molecule has 0 radical (unpaired) electrons. The average Bonchev–Trinajstić information content (AvgIpc) is 3.37. The Morgan fingerprint density at radius 1 is 1.16 bits per heavy atom. The summed E-state index contributed by atoms with van der Waals surface area (Å²) in [4.78, 5) is 41.6. The van der Waals surface area contributed by atoms with Crippen molar-refractivity contribution in [3.63, 3.8) is 0 Å². The molecule has 1 aliphatic carbocycles. The molecule has 3 aliphatic rings. The van der Waals surface area contributed by atoms with Crippen molar-refractivity contribution in [2.75, 3.05) is 19.7 Å². The number of hydrogen-bond acceptors (Lipinski definition) is 4. The van der Waals surface area contributed by atoms with Gasteiger partial charge in [0.1, 0.15) is 17.3 Å². The summed E-state index contributed by atoms with van der Waals surface area (Å²) in [6, 6.07) is 7.13. The molecule has 7 nitrogen and oxygen atoms in total. The van der Waals surface area contributed by atoms with Gasteiger partial charge in [-0.3, -0.25) is 9.59 Å². The minimum Gasteiger partial charge on any atom is -0.494 e. The average molecular weight is 442 g/mol. The summed E-state index contributed by atoms with van der Waals surface area (Å²) in [7, 11) is 0. The Labute approximate surface area is 190 Å². The normalized spacial score (nSPS) is 21.8. The third-order valence-electron chi connectivity index (χ3n) is 7.40. The van der Waals surface area contributed by atoms with Crippen molar-refractivity contribution in [3.8, 4) is 5.75 Å². The first-order valence-corrected chi connectivity index (χ1v) is 12.1. The molecule has 4 amide bonds. The molecule has 0 aromatic heterocycles. The van der Waals surface area contributed by atoms with Crippen molar-refractivity contribution in [1.29, 1.82) is 0 Å². The van der Waals surface area contributed by atoms with Gasteiger partial charge in [0.15, 0.2) is 0 Å². The fourth-order valence-electron chi connectivity index (χ4n) is 5.42. The molecule has 1 atom stereocenters. The monoisotopic (exact) mass is 441 g/mol. The number of likely N-dealkylation sites (tertiary alicyclic amines) is 1. The van der Waals surface area contributed by atoms with Crippen LogP contribution in [0.3, 0.4) is 0 Å². The molecule has 2 aliphatic heterocycles. The van der Waals surface area contributed by atoms with E-state index in [-0.39, 0.29) is 11.8 Å². The largest absolute Gasteiger partial charge is 0.494 e. The number of hydrogen-bond donors (Lipinski definition) is 1. The highest BCUT2D eigenvalue weighted by atomic mass is 16.5. The lowest BCUT2D eigenvalue weighted by molar-refractivity contribution is -0.143. The van der Waals surface area contributed by atoms with Gasteiger partial charge in [0.05, 0.1) is 6.61 Å². The van der Waals surface area contributed by atoms with Gasteiger partial charge in [-0.05, 0) is 76.0 Å². The molecule has 7 heteroatoms. The zero-order valence-electron chi connectivity index (χ0n) is 19.3. The van der Waals surface area contributed by atoms with Gasteiger partial charge in [-0.2, -0.15) is 0 Å². The van der Waals surface area contributed by atoms with Crippen LogP contribution in [0, 0.1) is 5.92 Å². The molecule has 1 aromatic carbocycles. The van der Waals surface area contributed by atoms with E-state index in [0.717, 1.165) is 44.3 Å². The molecular weight excluding hydrogens is 406 g/mol. The van der Waals surface area contributed by atoms with E-state index in [1.165, 1.54) is 10.5 Å². The van der Waals surface area contributed by atoms with Crippen molar-refractivity contribution < 1.29 is 19.1 Å². The minimum absolute atomic E-state index is 0.117. The van der Waals surface area contributed by atoms with E-state index in [4.69, 9.17) is 4.74 Å². The van der Waals surface area contributed by atoms with Gasteiger partial charge in [0, 0.05) is 13.1 Å². The molecule has 1 unspecified atom stereocenters. The van der Waals surface area contributed by atoms with E-state index >= 15 is 0 Å². The second-order valence-corrected chi connectivity index (χ2v) is 9.45. The van der Waals surface area contributed by atoms with E-state index in [2.05, 4.69) is 17.4 Å². The van der Waals surface area contributed by atoms with Crippen molar-refractivity contribution >= 4 is 17.8 Å². The van der Waals surface area contributed by atoms with Crippen LogP contribution in [0.1, 0.15) is 64.4 Å². The highest BCUT2D eigenvalue weighted by molar-refractivity contribution is 6.09. The lowest BCUT2D eigenvalue weighted by atomic mass is 9.90. The minimum atomic E-state index is -0.764. The van der Waals surface area contributed by atoms with Crippen LogP contribution in [-0.4, -0.2) is 58.9 Å². The molecule has 1 saturated carbocycles. The number of aryl methyl sites for hydroxylation is 1. The highest BCUT2D eigenvalue weighted by Crippen LogP contribution is 2.36. The molecule has 1 N–H and O–H groups in total. The number of imide groups is 1. The smallest absolute Gasteiger partial charge is 0.325 e. The zero-order valence-corrected chi connectivity index (χ0v) is 19.3. The summed E-state index contributed by atoms with van der Waals surface area (Å²) >= 11 is 0. The van der Waals surface area contributed by atoms with Crippen LogP contribution in [-0.2, 0) is 16.0 Å². The number of carbonyl (C=O) groups excluding carboxylic acids is 3. The number of ether oxygens (including phenoxy) is 1. The van der Waals surface area contributed by atoms with Crippen molar-refractivity contribution in [2.24, 2.45) is 5.92 Å². The number of amides is 4. The quantitative estimate of drug-likeness (QED) is 0.657. The first kappa shape index (κ1) is 22.6. The molecule has 1 aromatic rings. The SMILES string of the molecule is CCOc1ccc(CCC2CCN(C(=O)C(C)N3C(=O)NC4(CCCC4)C3=O)CC2)cc1. The second-order valence-electron chi connectivity index (χ2n) is 9.45. The topological polar surface area (TPSA) is 79.0 Å². The van der Waals surface area contributed by atoms with Crippen LogP contribution < -0.4 is 10.1 Å². The van der Waals surface area contributed by atoms with Crippen LogP contribution in [0.15, 0.2) is 24.3 Å². The van der Waals surface area contributed by atoms with Gasteiger partial charge in [0.2, 0.25) is 5.91 Å². The van der Waals surface area contributed by atoms with Crippen molar-refractivity contribution in [3.05, 3.63) is 29.8 Å². The fourth-order valence-corrected chi connectivity index (χ4v) is 5.42. The number of urea groups is 1. The van der Waals surface area contributed by atoms with E-state index in [1.54, 1.807) is 6.92 Å². The van der Waals surface area contributed by atoms with Crippen molar-refractivity contribution in [2.45, 2.75) is 76.8 Å². The standard InChI is InChI=1S/C25H35N3O4/c1-3-32-21-10-8-19(9-11-21)6-7-20-12-16-27(17-13-20)22(29)18(2)28-23(30)25(26-24(28)31)14-4-5-15-25/h8-11,18,20H,3-7,12-17H2,1-2H3,(H,26,31). The molecule has 3 fully saturated rings. The number of nitrogens with zero attached hydrogens (tertiary/aromatic N) is 2. The van der Waals surface area contributed by atoms with E-state index < -0.39 is 17.6 Å². The van der Waals surface area contributed by atoms with E-state index in [0.29, 0.717) is 38.5 Å². The maximum Gasteiger partial charge on any atom is 0.325 e. The zero-order chi connectivity index (χ0) is 22.7. The predicted molar refractivity (Wildman–Crippen MR) is 121 cm³/mol. The first-order chi connectivity index (χ1) is 15.4. The number of nitrogens with one attached hydrogen (secondary N) is 1. The summed E-state index contributed by atoms with van der Waals surface area (Å²) in [5.41, 5.74) is 0.541. The lowest BCUT2D eigenvalue weighted by Gasteiger charge is -2.35. The Morgan fingerprint density at radius 2 is 1.81 bits per heavy atom. The lowest BCUT2D eigenvalue weighted by Crippen LogP contribution is -2.52. The summed E-state index contributed by atoms with van der Waals surface area (Å²) in [5.74, 6) is 1.15. The third-order valence-corrected chi connectivity index (χ3v) is 7.40. The number of piperidine rings is 1. The third kappa shape index (κ3) is 4.48. The molecule has 0 bridgehead atoms. The molecule has 174 valence electrons. The molecular formula is C25H35N3O4. The van der Waals surface area contributed by atoms with Gasteiger partial charge in [0.25, 0.3) is 5.91 Å². The Bertz CT molecular complexity index is 839. The number of rotatable bonds is 7. The van der Waals surface area contributed by atoms with Crippen molar-refractivity contribution in [1.82, 2.24) is 15.1 Å². The summed E-state index contributed by atoms with van der Waals surface area (Å²) in [6.45, 7) is 5.71. The Balaban J connectivity index is 1.26. The molecule has 32 heavy (non-hydrogen) atoms. The maximum atomic E-state index is 13.1. The van der Waals surface area contributed by atoms with Crippen LogP contribution in [0.25, 0.3) is 0 Å². The van der Waals surface area contributed by atoms with E-state index in [1.807, 2.05) is 24.0 Å². The maximum absolute atomic E-state index is 13.1. The molecule has 1 spiro atoms. The summed E-state index contributed by atoms with van der Waals surface area (Å²) < 4.78 is 5.50. The molecule has 4 rings (SSSR count). The van der Waals surface area contributed by atoms with Crippen LogP contribution in [0.2, 0.25) is 0 Å². The van der Waals surface area contributed by atoms with Gasteiger partial charge in [-0.15, -0.1) is 0 Å². The van der Waals surface area contributed by atoms with Crippen LogP contribution in [0.5, 0.6) is 5.75 Å². The van der Waals surface area contributed by atoms with Gasteiger partial charge >= 0.3 is 6.03 Å². The summed E-state index contributed by atoms with van der Waals surface area (Å²) in [6.07, 6.45) is 7.26. The van der Waals surface area contributed by atoms with Gasteiger partial charge in [-0.1, -0.05) is 25.0 Å². The first-order valence-electron chi connectivity index (χ1n) is 12.1. The molecule has 2 saturated heterocycles. The highest BCUT2D eigenvalue weighted by Gasteiger charge is 2.54. The number of carbonyl (C=O) groups is 3. The Morgan fingerprint density at radius 3 is 2.44 bits per heavy atom.